The van der Waals surface area contributed by atoms with Crippen LogP contribution >= 0.6 is 0 Å². The molecule has 0 aromatic heterocycles. The zero-order chi connectivity index (χ0) is 22.5. The maximum Gasteiger partial charge on any atom is 0.339 e. The van der Waals surface area contributed by atoms with Gasteiger partial charge < -0.3 is 10.1 Å². The lowest BCUT2D eigenvalue weighted by atomic mass is 9.90. The van der Waals surface area contributed by atoms with E-state index >= 15 is 0 Å². The number of aryl methyl sites for hydroxylation is 2. The predicted molar refractivity (Wildman–Crippen MR) is 113 cm³/mol. The zero-order valence-corrected chi connectivity index (χ0v) is 17.9. The minimum absolute atomic E-state index is 0.0862. The van der Waals surface area contributed by atoms with E-state index < -0.39 is 24.0 Å². The molecule has 2 aromatic rings. The average Bonchev–Trinajstić information content (AvgIpc) is 2.72. The molecule has 0 unspecified atom stereocenters. The third-order valence-corrected chi connectivity index (χ3v) is 5.15. The fourth-order valence-corrected chi connectivity index (χ4v) is 2.82. The first kappa shape index (κ1) is 22.8. The molecule has 1 atom stereocenters. The Balaban J connectivity index is 2.19. The number of ketones is 1. The van der Waals surface area contributed by atoms with E-state index in [1.807, 2.05) is 39.8 Å². The molecule has 0 spiro atoms. The Labute approximate surface area is 176 Å². The molecule has 6 nitrogen and oxygen atoms in total. The number of benzene rings is 2. The lowest BCUT2D eigenvalue weighted by Crippen LogP contribution is -2.50. The molecule has 0 fully saturated rings. The summed E-state index contributed by atoms with van der Waals surface area (Å²) in [4.78, 5) is 37.8. The highest BCUT2D eigenvalue weighted by atomic mass is 16.5. The fourth-order valence-electron chi connectivity index (χ4n) is 2.82. The molecule has 1 N–H and O–H groups in total. The monoisotopic (exact) mass is 406 g/mol. The minimum atomic E-state index is -1.07. The number of carbonyl (C=O) groups is 3. The SMILES string of the molecule is Cc1ccc(C)c(C(=O)c2ccccc2C(=O)OCC(=O)N[C@](C)(C#N)C(C)C)c1. The van der Waals surface area contributed by atoms with Crippen molar-refractivity contribution in [3.05, 3.63) is 70.3 Å². The molecule has 30 heavy (non-hydrogen) atoms. The van der Waals surface area contributed by atoms with Crippen molar-refractivity contribution in [2.24, 2.45) is 5.92 Å². The van der Waals surface area contributed by atoms with E-state index in [2.05, 4.69) is 11.4 Å². The molecule has 156 valence electrons. The Morgan fingerprint density at radius 2 is 1.70 bits per heavy atom. The van der Waals surface area contributed by atoms with Crippen LogP contribution in [0.25, 0.3) is 0 Å². The second-order valence-corrected chi connectivity index (χ2v) is 7.79. The van der Waals surface area contributed by atoms with Gasteiger partial charge in [0.15, 0.2) is 12.4 Å². The van der Waals surface area contributed by atoms with Crippen LogP contribution in [-0.4, -0.2) is 29.8 Å². The highest BCUT2D eigenvalue weighted by molar-refractivity contribution is 6.15. The van der Waals surface area contributed by atoms with Crippen LogP contribution in [0.4, 0.5) is 0 Å². The standard InChI is InChI=1S/C24H26N2O4/c1-15(2)24(5,14-25)26-21(27)13-30-23(29)19-9-7-6-8-18(19)22(28)20-12-16(3)10-11-17(20)4/h6-12,15H,13H2,1-5H3,(H,26,27)/t24-/m1/s1. The van der Waals surface area contributed by atoms with Crippen LogP contribution in [0.3, 0.4) is 0 Å². The molecule has 0 radical (unpaired) electrons. The van der Waals surface area contributed by atoms with E-state index in [1.54, 1.807) is 31.2 Å². The van der Waals surface area contributed by atoms with Gasteiger partial charge in [-0.05, 0) is 44.4 Å². The van der Waals surface area contributed by atoms with Crippen molar-refractivity contribution in [3.8, 4) is 6.07 Å². The third-order valence-electron chi connectivity index (χ3n) is 5.15. The van der Waals surface area contributed by atoms with Gasteiger partial charge in [0.2, 0.25) is 0 Å². The van der Waals surface area contributed by atoms with E-state index in [9.17, 15) is 19.6 Å². The number of nitriles is 1. The summed E-state index contributed by atoms with van der Waals surface area (Å²) in [5, 5.41) is 11.9. The number of hydrogen-bond acceptors (Lipinski definition) is 5. The number of amides is 1. The molecular weight excluding hydrogens is 380 g/mol. The number of rotatable bonds is 7. The highest BCUT2D eigenvalue weighted by Crippen LogP contribution is 2.20. The van der Waals surface area contributed by atoms with E-state index in [1.165, 1.54) is 6.07 Å². The average molecular weight is 406 g/mol. The van der Waals surface area contributed by atoms with Gasteiger partial charge in [-0.2, -0.15) is 5.26 Å². The number of hydrogen-bond donors (Lipinski definition) is 1. The van der Waals surface area contributed by atoms with Crippen molar-refractivity contribution >= 4 is 17.7 Å². The van der Waals surface area contributed by atoms with Gasteiger partial charge in [0, 0.05) is 11.1 Å². The van der Waals surface area contributed by atoms with Crippen molar-refractivity contribution < 1.29 is 19.1 Å². The molecule has 1 amide bonds. The molecule has 0 heterocycles. The van der Waals surface area contributed by atoms with Crippen molar-refractivity contribution in [3.63, 3.8) is 0 Å². The number of nitrogens with one attached hydrogen (secondary N) is 1. The highest BCUT2D eigenvalue weighted by Gasteiger charge is 2.30. The van der Waals surface area contributed by atoms with Gasteiger partial charge in [0.25, 0.3) is 5.91 Å². The van der Waals surface area contributed by atoms with Crippen LogP contribution in [0.15, 0.2) is 42.5 Å². The summed E-state index contributed by atoms with van der Waals surface area (Å²) in [6.45, 7) is 8.40. The third kappa shape index (κ3) is 5.12. The van der Waals surface area contributed by atoms with Gasteiger partial charge >= 0.3 is 5.97 Å². The van der Waals surface area contributed by atoms with Crippen molar-refractivity contribution in [2.45, 2.75) is 40.2 Å². The Bertz CT molecular complexity index is 1020. The summed E-state index contributed by atoms with van der Waals surface area (Å²) in [7, 11) is 0. The van der Waals surface area contributed by atoms with Crippen LogP contribution in [0, 0.1) is 31.1 Å². The molecule has 0 saturated carbocycles. The first-order valence-corrected chi connectivity index (χ1v) is 9.69. The molecule has 2 rings (SSSR count). The van der Waals surface area contributed by atoms with Crippen LogP contribution in [0.5, 0.6) is 0 Å². The van der Waals surface area contributed by atoms with Gasteiger partial charge in [0.05, 0.1) is 11.6 Å². The Morgan fingerprint density at radius 3 is 2.30 bits per heavy atom. The Kier molecular flexibility index (Phi) is 7.12. The van der Waals surface area contributed by atoms with E-state index in [0.717, 1.165) is 11.1 Å². The number of nitrogens with zero attached hydrogens (tertiary/aromatic N) is 1. The summed E-state index contributed by atoms with van der Waals surface area (Å²) in [6, 6.07) is 14.0. The van der Waals surface area contributed by atoms with Crippen LogP contribution in [-0.2, 0) is 9.53 Å². The molecule has 6 heteroatoms. The van der Waals surface area contributed by atoms with Gasteiger partial charge in [0.1, 0.15) is 5.54 Å². The topological polar surface area (TPSA) is 96.3 Å². The van der Waals surface area contributed by atoms with Crippen LogP contribution in [0.2, 0.25) is 0 Å². The first-order chi connectivity index (χ1) is 14.1. The molecule has 0 aliphatic carbocycles. The molecule has 0 aliphatic rings. The quantitative estimate of drug-likeness (QED) is 0.558. The van der Waals surface area contributed by atoms with Crippen molar-refractivity contribution in [1.82, 2.24) is 5.32 Å². The lowest BCUT2D eigenvalue weighted by molar-refractivity contribution is -0.125. The van der Waals surface area contributed by atoms with Gasteiger partial charge in [-0.15, -0.1) is 0 Å². The molecular formula is C24H26N2O4. The lowest BCUT2D eigenvalue weighted by Gasteiger charge is -2.27. The first-order valence-electron chi connectivity index (χ1n) is 9.69. The largest absolute Gasteiger partial charge is 0.452 e. The second kappa shape index (κ2) is 9.36. The van der Waals surface area contributed by atoms with E-state index in [4.69, 9.17) is 4.74 Å². The van der Waals surface area contributed by atoms with Crippen molar-refractivity contribution in [1.29, 1.82) is 5.26 Å². The van der Waals surface area contributed by atoms with E-state index in [-0.39, 0.29) is 22.8 Å². The smallest absolute Gasteiger partial charge is 0.339 e. The fraction of sp³-hybridized carbons (Fsp3) is 0.333. The van der Waals surface area contributed by atoms with Crippen molar-refractivity contribution in [2.75, 3.05) is 6.61 Å². The maximum atomic E-state index is 13.1. The number of ether oxygens (including phenoxy) is 1. The second-order valence-electron chi connectivity index (χ2n) is 7.79. The van der Waals surface area contributed by atoms with Gasteiger partial charge in [-0.1, -0.05) is 49.7 Å². The maximum absolute atomic E-state index is 13.1. The molecule has 2 aromatic carbocycles. The Morgan fingerprint density at radius 1 is 1.07 bits per heavy atom. The minimum Gasteiger partial charge on any atom is -0.452 e. The van der Waals surface area contributed by atoms with Gasteiger partial charge in [-0.3, -0.25) is 9.59 Å². The molecule has 0 saturated heterocycles. The van der Waals surface area contributed by atoms with Gasteiger partial charge in [-0.25, -0.2) is 4.79 Å². The Hall–Kier alpha value is -3.46. The normalized spacial score (nSPS) is 12.6. The number of carbonyl (C=O) groups excluding carboxylic acids is 3. The molecule has 0 bridgehead atoms. The van der Waals surface area contributed by atoms with E-state index in [0.29, 0.717) is 5.56 Å². The summed E-state index contributed by atoms with van der Waals surface area (Å²) >= 11 is 0. The summed E-state index contributed by atoms with van der Waals surface area (Å²) in [5.41, 5.74) is 1.47. The predicted octanol–water partition coefficient (Wildman–Crippen LogP) is 3.75. The summed E-state index contributed by atoms with van der Waals surface area (Å²) in [5.74, 6) is -1.77. The number of esters is 1. The van der Waals surface area contributed by atoms with Crippen LogP contribution in [0.1, 0.15) is 58.2 Å². The zero-order valence-electron chi connectivity index (χ0n) is 17.9. The van der Waals surface area contributed by atoms with Crippen LogP contribution < -0.4 is 5.32 Å². The summed E-state index contributed by atoms with van der Waals surface area (Å²) in [6.07, 6.45) is 0. The summed E-state index contributed by atoms with van der Waals surface area (Å²) < 4.78 is 5.13. The molecule has 0 aliphatic heterocycles.